The van der Waals surface area contributed by atoms with Gasteiger partial charge in [0.05, 0.1) is 5.69 Å². The lowest BCUT2D eigenvalue weighted by Gasteiger charge is -2.45. The summed E-state index contributed by atoms with van der Waals surface area (Å²) in [5, 5.41) is 0. The monoisotopic (exact) mass is 951 g/mol. The third-order valence-corrected chi connectivity index (χ3v) is 18.4. The van der Waals surface area contributed by atoms with Crippen LogP contribution in [-0.2, 0) is 32.5 Å². The fourth-order valence-electron chi connectivity index (χ4n) is 15.5. The van der Waals surface area contributed by atoms with Crippen LogP contribution in [0.3, 0.4) is 0 Å². The van der Waals surface area contributed by atoms with Crippen LogP contribution in [0.2, 0.25) is 0 Å². The molecule has 0 spiro atoms. The Kier molecular flexibility index (Phi) is 9.52. The minimum Gasteiger partial charge on any atom is -0.311 e. The average molecular weight is 951 g/mol. The van der Waals surface area contributed by atoms with Gasteiger partial charge in [0.1, 0.15) is 0 Å². The normalized spacial score (nSPS) is 18.4. The van der Waals surface area contributed by atoms with E-state index in [-0.39, 0.29) is 39.2 Å². The molecule has 8 aromatic carbocycles. The summed E-state index contributed by atoms with van der Waals surface area (Å²) < 4.78 is 0. The molecule has 0 bridgehead atoms. The predicted molar refractivity (Wildman–Crippen MR) is 314 cm³/mol. The van der Waals surface area contributed by atoms with E-state index >= 15 is 0 Å². The van der Waals surface area contributed by atoms with Gasteiger partial charge in [0, 0.05) is 39.4 Å². The molecule has 0 aromatic heterocycles. The minimum absolute atomic E-state index is 0.0211. The van der Waals surface area contributed by atoms with Gasteiger partial charge in [-0.1, -0.05) is 193 Å². The molecule has 0 amide bonds. The fourth-order valence-corrected chi connectivity index (χ4v) is 15.5. The number of rotatable bonds is 4. The summed E-state index contributed by atoms with van der Waals surface area (Å²) in [5.74, 6) is 0. The number of nitrogens with zero attached hydrogens (tertiary/aromatic N) is 2. The van der Waals surface area contributed by atoms with Crippen LogP contribution in [0.5, 0.6) is 0 Å². The van der Waals surface area contributed by atoms with Crippen LogP contribution in [0.25, 0.3) is 33.4 Å². The second-order valence-electron chi connectivity index (χ2n) is 26.9. The van der Waals surface area contributed by atoms with Crippen LogP contribution in [0.1, 0.15) is 147 Å². The van der Waals surface area contributed by atoms with Gasteiger partial charge in [0.2, 0.25) is 0 Å². The van der Waals surface area contributed by atoms with Crippen molar-refractivity contribution >= 4 is 57.2 Å². The maximum absolute atomic E-state index is 2.69. The number of hydrogen-bond acceptors (Lipinski definition) is 2. The molecular weight excluding hydrogens is 880 g/mol. The highest BCUT2D eigenvalue weighted by Gasteiger charge is 2.49. The summed E-state index contributed by atoms with van der Waals surface area (Å²) in [6.07, 6.45) is 2.24. The Morgan fingerprint density at radius 3 is 1.71 bits per heavy atom. The third-order valence-electron chi connectivity index (χ3n) is 18.4. The lowest BCUT2D eigenvalue weighted by Crippen LogP contribution is -2.61. The highest BCUT2D eigenvalue weighted by atomic mass is 15.2. The second-order valence-corrected chi connectivity index (χ2v) is 26.9. The number of anilines is 6. The molecular formula is C70H71BN2. The Morgan fingerprint density at radius 1 is 0.411 bits per heavy atom. The van der Waals surface area contributed by atoms with Crippen LogP contribution >= 0.6 is 0 Å². The average Bonchev–Trinajstić information content (AvgIpc) is 3.78. The lowest BCUT2D eigenvalue weighted by molar-refractivity contribution is 0.403. The number of aryl methyl sites for hydroxylation is 1. The van der Waals surface area contributed by atoms with Gasteiger partial charge >= 0.3 is 0 Å². The third kappa shape index (κ3) is 6.62. The lowest BCUT2D eigenvalue weighted by atomic mass is 9.33. The Hall–Kier alpha value is -6.58. The first-order chi connectivity index (χ1) is 34.5. The predicted octanol–water partition coefficient (Wildman–Crippen LogP) is 16.9. The van der Waals surface area contributed by atoms with Crippen LogP contribution < -0.4 is 26.2 Å². The van der Waals surface area contributed by atoms with Crippen molar-refractivity contribution in [2.24, 2.45) is 0 Å². The Morgan fingerprint density at radius 2 is 1.00 bits per heavy atom. The topological polar surface area (TPSA) is 6.48 Å². The van der Waals surface area contributed by atoms with E-state index in [2.05, 4.69) is 258 Å². The van der Waals surface area contributed by atoms with Gasteiger partial charge < -0.3 is 9.80 Å². The quantitative estimate of drug-likeness (QED) is 0.162. The van der Waals surface area contributed by atoms with Crippen LogP contribution in [0.4, 0.5) is 34.1 Å². The Labute approximate surface area is 436 Å². The van der Waals surface area contributed by atoms with Gasteiger partial charge in [-0.05, 0) is 184 Å². The maximum atomic E-state index is 2.69. The van der Waals surface area contributed by atoms with Gasteiger partial charge in [0.25, 0.3) is 6.71 Å². The number of fused-ring (bicyclic) bond motifs is 9. The van der Waals surface area contributed by atoms with Crippen molar-refractivity contribution in [1.82, 2.24) is 0 Å². The van der Waals surface area contributed by atoms with Crippen LogP contribution in [0, 0.1) is 6.92 Å². The van der Waals surface area contributed by atoms with Crippen molar-refractivity contribution in [1.29, 1.82) is 0 Å². The van der Waals surface area contributed by atoms with E-state index < -0.39 is 0 Å². The van der Waals surface area contributed by atoms with Gasteiger partial charge in [0.15, 0.2) is 0 Å². The molecule has 0 atom stereocenters. The van der Waals surface area contributed by atoms with E-state index in [1.165, 1.54) is 128 Å². The van der Waals surface area contributed by atoms with Gasteiger partial charge in [-0.15, -0.1) is 0 Å². The first-order valence-electron chi connectivity index (χ1n) is 27.1. The first kappa shape index (κ1) is 46.2. The zero-order valence-corrected chi connectivity index (χ0v) is 45.8. The molecule has 0 fully saturated rings. The SMILES string of the molecule is Cc1cc2c3c(c1)N(c1ccc(C(C)(C)C)cc1-c1ccccc1)c1ccc(-c4cccc5c4-c4ccccc4C5(C)C)cc1B3c1cc3c(cc1N2c1ccc2c(c1)C(C)(C)CC2(C)C)C(C)(C)CC3(C)C. The maximum Gasteiger partial charge on any atom is 0.252 e. The molecule has 0 N–H and O–H groups in total. The highest BCUT2D eigenvalue weighted by Crippen LogP contribution is 2.57. The molecule has 2 aliphatic heterocycles. The van der Waals surface area contributed by atoms with Crippen LogP contribution in [-0.4, -0.2) is 6.71 Å². The molecule has 3 aliphatic carbocycles. The van der Waals surface area contributed by atoms with E-state index in [1.54, 1.807) is 0 Å². The summed E-state index contributed by atoms with van der Waals surface area (Å²) in [6.45, 7) is 33.8. The smallest absolute Gasteiger partial charge is 0.252 e. The Balaban J connectivity index is 1.15. The summed E-state index contributed by atoms with van der Waals surface area (Å²) in [4.78, 5) is 5.35. The van der Waals surface area contributed by atoms with Gasteiger partial charge in [-0.2, -0.15) is 0 Å². The van der Waals surface area contributed by atoms with E-state index in [1.807, 2.05) is 0 Å². The molecule has 0 saturated heterocycles. The molecule has 364 valence electrons. The molecule has 0 unspecified atom stereocenters. The molecule has 2 nitrogen and oxygen atoms in total. The first-order valence-corrected chi connectivity index (χ1v) is 27.1. The molecule has 0 saturated carbocycles. The molecule has 5 aliphatic rings. The summed E-state index contributed by atoms with van der Waals surface area (Å²) >= 11 is 0. The Bertz CT molecular complexity index is 3670. The summed E-state index contributed by atoms with van der Waals surface area (Å²) in [7, 11) is 0. The fraction of sp³-hybridized carbons (Fsp3) is 0.314. The summed E-state index contributed by atoms with van der Waals surface area (Å²) in [6, 6.07) is 59.9. The summed E-state index contributed by atoms with van der Waals surface area (Å²) in [5.41, 5.74) is 30.9. The largest absolute Gasteiger partial charge is 0.311 e. The number of hydrogen-bond donors (Lipinski definition) is 0. The van der Waals surface area contributed by atoms with Crippen molar-refractivity contribution in [2.75, 3.05) is 9.80 Å². The van der Waals surface area contributed by atoms with Crippen molar-refractivity contribution < 1.29 is 0 Å². The van der Waals surface area contributed by atoms with Crippen molar-refractivity contribution in [3.8, 4) is 33.4 Å². The van der Waals surface area contributed by atoms with Gasteiger partial charge in [-0.25, -0.2) is 0 Å². The molecule has 73 heavy (non-hydrogen) atoms. The van der Waals surface area contributed by atoms with E-state index in [0.717, 1.165) is 12.8 Å². The van der Waals surface area contributed by atoms with Gasteiger partial charge in [-0.3, -0.25) is 0 Å². The minimum atomic E-state index is -0.0963. The molecule has 3 heteroatoms. The molecule has 2 heterocycles. The molecule has 0 radical (unpaired) electrons. The zero-order chi connectivity index (χ0) is 51.1. The van der Waals surface area contributed by atoms with Crippen molar-refractivity contribution in [3.05, 3.63) is 196 Å². The van der Waals surface area contributed by atoms with E-state index in [4.69, 9.17) is 0 Å². The van der Waals surface area contributed by atoms with Crippen LogP contribution in [0.15, 0.2) is 152 Å². The number of benzene rings is 8. The van der Waals surface area contributed by atoms with E-state index in [9.17, 15) is 0 Å². The highest BCUT2D eigenvalue weighted by molar-refractivity contribution is 7.00. The van der Waals surface area contributed by atoms with Crippen molar-refractivity contribution in [2.45, 2.75) is 142 Å². The van der Waals surface area contributed by atoms with E-state index in [0.29, 0.717) is 0 Å². The molecule has 13 rings (SSSR count). The second kappa shape index (κ2) is 15.0. The standard InChI is InChI=1S/C70H71BN2/c1-42-33-61-64-62(34-42)73(58-32-28-45(65(2,3)4)36-49(58)43-21-16-15-17-22-43)59-31-27-44(47-24-20-26-52-63(47)48-23-18-19-25-50(48)70(52,13)14)35-56(59)71(64)57-38-54-55(69(11,12)41-68(54,9)10)39-60(57)72(61)46-29-30-51-53(37-46)67(7,8)40-66(51,5)6/h15-39H,40-41H2,1-14H3. The molecule has 8 aromatic rings. The van der Waals surface area contributed by atoms with Crippen molar-refractivity contribution in [3.63, 3.8) is 0 Å². The zero-order valence-electron chi connectivity index (χ0n) is 45.8.